The number of aromatic nitrogens is 1. The standard InChI is InChI=1S/C26H23N3O5S/c1-14(2)22(24(31)28-21-12-11-15-7-3-5-9-18(15)27-21)34-25-17(13-20-23(30)29-26(32)35-20)16-8-4-6-10-19(16)33-25/h3-12,14,20,22H,13H2,1-2H3,(H,27,28,31)(H,29,30,32). The minimum atomic E-state index is -0.880. The Morgan fingerprint density at radius 2 is 1.89 bits per heavy atom. The number of nitrogens with one attached hydrogen (secondary N) is 2. The first kappa shape index (κ1) is 22.9. The van der Waals surface area contributed by atoms with Gasteiger partial charge in [-0.15, -0.1) is 0 Å². The van der Waals surface area contributed by atoms with Gasteiger partial charge in [0.15, 0.2) is 6.10 Å². The molecule has 2 N–H and O–H groups in total. The summed E-state index contributed by atoms with van der Waals surface area (Å²) in [6, 6.07) is 18.6. The van der Waals surface area contributed by atoms with Crippen molar-refractivity contribution in [3.05, 3.63) is 66.2 Å². The fourth-order valence-electron chi connectivity index (χ4n) is 4.02. The van der Waals surface area contributed by atoms with E-state index in [9.17, 15) is 14.4 Å². The molecular formula is C26H23N3O5S. The average molecular weight is 490 g/mol. The number of nitrogens with zero attached hydrogens (tertiary/aromatic N) is 1. The Hall–Kier alpha value is -3.85. The molecule has 0 bridgehead atoms. The van der Waals surface area contributed by atoms with Crippen LogP contribution in [0.15, 0.2) is 65.1 Å². The Labute approximate surface area is 205 Å². The summed E-state index contributed by atoms with van der Waals surface area (Å²) in [5.74, 6) is -0.319. The zero-order chi connectivity index (χ0) is 24.5. The largest absolute Gasteiger partial charge is 0.451 e. The molecule has 2 aromatic carbocycles. The summed E-state index contributed by atoms with van der Waals surface area (Å²) in [5, 5.41) is 5.92. The van der Waals surface area contributed by atoms with Crippen LogP contribution < -0.4 is 15.4 Å². The van der Waals surface area contributed by atoms with E-state index in [2.05, 4.69) is 15.6 Å². The van der Waals surface area contributed by atoms with Gasteiger partial charge < -0.3 is 14.5 Å². The van der Waals surface area contributed by atoms with E-state index in [4.69, 9.17) is 9.15 Å². The van der Waals surface area contributed by atoms with Crippen LogP contribution in [0.4, 0.5) is 10.6 Å². The number of anilines is 1. The smallest absolute Gasteiger partial charge is 0.289 e. The minimum Gasteiger partial charge on any atom is -0.451 e. The van der Waals surface area contributed by atoms with Crippen molar-refractivity contribution < 1.29 is 23.5 Å². The summed E-state index contributed by atoms with van der Waals surface area (Å²) in [6.07, 6.45) is -0.651. The van der Waals surface area contributed by atoms with Crippen LogP contribution in [0.5, 0.6) is 5.95 Å². The summed E-state index contributed by atoms with van der Waals surface area (Å²) < 4.78 is 12.1. The minimum absolute atomic E-state index is 0.166. The molecule has 8 nitrogen and oxygen atoms in total. The summed E-state index contributed by atoms with van der Waals surface area (Å²) in [5.41, 5.74) is 1.99. The van der Waals surface area contributed by atoms with Gasteiger partial charge in [0.2, 0.25) is 5.91 Å². The molecule has 178 valence electrons. The fourth-order valence-corrected chi connectivity index (χ4v) is 4.85. The van der Waals surface area contributed by atoms with Crippen molar-refractivity contribution in [2.75, 3.05) is 5.32 Å². The first-order valence-electron chi connectivity index (χ1n) is 11.2. The number of pyridine rings is 1. The van der Waals surface area contributed by atoms with Crippen LogP contribution in [0.3, 0.4) is 0 Å². The van der Waals surface area contributed by atoms with Crippen LogP contribution in [0.1, 0.15) is 19.4 Å². The lowest BCUT2D eigenvalue weighted by Crippen LogP contribution is -2.37. The lowest BCUT2D eigenvalue weighted by Gasteiger charge is -2.21. The number of para-hydroxylation sites is 2. The van der Waals surface area contributed by atoms with E-state index in [0.29, 0.717) is 17.0 Å². The van der Waals surface area contributed by atoms with Crippen LogP contribution >= 0.6 is 11.8 Å². The molecule has 0 saturated carbocycles. The van der Waals surface area contributed by atoms with E-state index >= 15 is 0 Å². The molecule has 2 atom stereocenters. The molecule has 0 spiro atoms. The van der Waals surface area contributed by atoms with Crippen molar-refractivity contribution in [1.29, 1.82) is 0 Å². The van der Waals surface area contributed by atoms with Gasteiger partial charge in [0.05, 0.1) is 10.8 Å². The Kier molecular flexibility index (Phi) is 6.17. The number of ether oxygens (including phenoxy) is 1. The lowest BCUT2D eigenvalue weighted by atomic mass is 10.1. The van der Waals surface area contributed by atoms with Crippen molar-refractivity contribution in [2.24, 2.45) is 5.92 Å². The molecule has 0 radical (unpaired) electrons. The second-order valence-electron chi connectivity index (χ2n) is 8.61. The van der Waals surface area contributed by atoms with E-state index in [1.54, 1.807) is 12.1 Å². The van der Waals surface area contributed by atoms with E-state index < -0.39 is 11.4 Å². The van der Waals surface area contributed by atoms with Gasteiger partial charge >= 0.3 is 0 Å². The molecule has 1 saturated heterocycles. The highest BCUT2D eigenvalue weighted by molar-refractivity contribution is 8.15. The number of hydrogen-bond donors (Lipinski definition) is 2. The van der Waals surface area contributed by atoms with Crippen LogP contribution in [0, 0.1) is 5.92 Å². The van der Waals surface area contributed by atoms with E-state index in [1.807, 2.05) is 62.4 Å². The Bertz CT molecular complexity index is 1450. The van der Waals surface area contributed by atoms with Crippen LogP contribution in [0.25, 0.3) is 21.9 Å². The first-order valence-corrected chi connectivity index (χ1v) is 12.1. The molecule has 1 aliphatic heterocycles. The number of amides is 3. The highest BCUT2D eigenvalue weighted by Gasteiger charge is 2.35. The topological polar surface area (TPSA) is 111 Å². The van der Waals surface area contributed by atoms with Crippen molar-refractivity contribution >= 4 is 56.5 Å². The van der Waals surface area contributed by atoms with E-state index in [-0.39, 0.29) is 35.3 Å². The first-order chi connectivity index (χ1) is 16.9. The predicted octanol–water partition coefficient (Wildman–Crippen LogP) is 4.92. The SMILES string of the molecule is CC(C)C(Oc1oc2ccccc2c1CC1SC(=O)NC1=O)C(=O)Nc1ccc2ccccc2n1. The van der Waals surface area contributed by atoms with Crippen molar-refractivity contribution in [1.82, 2.24) is 10.3 Å². The number of carbonyl (C=O) groups is 3. The quantitative estimate of drug-likeness (QED) is 0.379. The van der Waals surface area contributed by atoms with E-state index in [1.165, 1.54) is 0 Å². The highest BCUT2D eigenvalue weighted by atomic mass is 32.2. The fraction of sp³-hybridized carbons (Fsp3) is 0.231. The highest BCUT2D eigenvalue weighted by Crippen LogP contribution is 2.37. The van der Waals surface area contributed by atoms with Crippen LogP contribution in [-0.4, -0.2) is 33.4 Å². The number of hydrogen-bond acceptors (Lipinski definition) is 7. The molecule has 3 amide bonds. The molecule has 1 aliphatic rings. The third-order valence-electron chi connectivity index (χ3n) is 5.77. The maximum atomic E-state index is 13.2. The van der Waals surface area contributed by atoms with Gasteiger partial charge in [0.1, 0.15) is 11.4 Å². The zero-order valence-corrected chi connectivity index (χ0v) is 19.9. The molecule has 4 aromatic rings. The van der Waals surface area contributed by atoms with E-state index in [0.717, 1.165) is 28.1 Å². The van der Waals surface area contributed by atoms with Gasteiger partial charge in [0.25, 0.3) is 17.1 Å². The van der Waals surface area contributed by atoms with Crippen molar-refractivity contribution in [3.63, 3.8) is 0 Å². The number of thioether (sulfide) groups is 1. The Balaban J connectivity index is 1.42. The van der Waals surface area contributed by atoms with Gasteiger partial charge in [-0.1, -0.05) is 62.0 Å². The van der Waals surface area contributed by atoms with Crippen molar-refractivity contribution in [2.45, 2.75) is 31.6 Å². The van der Waals surface area contributed by atoms with Crippen LogP contribution in [-0.2, 0) is 16.0 Å². The number of furan rings is 1. The molecule has 9 heteroatoms. The summed E-state index contributed by atoms with van der Waals surface area (Å²) in [7, 11) is 0. The maximum Gasteiger partial charge on any atom is 0.289 e. The second-order valence-corrected chi connectivity index (χ2v) is 9.79. The third kappa shape index (κ3) is 4.72. The van der Waals surface area contributed by atoms with Gasteiger partial charge in [-0.05, 0) is 30.2 Å². The monoisotopic (exact) mass is 489 g/mol. The van der Waals surface area contributed by atoms with Gasteiger partial charge in [-0.3, -0.25) is 19.7 Å². The molecule has 35 heavy (non-hydrogen) atoms. The molecule has 2 unspecified atom stereocenters. The Morgan fingerprint density at radius 1 is 1.11 bits per heavy atom. The van der Waals surface area contributed by atoms with Gasteiger partial charge in [0, 0.05) is 22.8 Å². The van der Waals surface area contributed by atoms with Gasteiger partial charge in [-0.2, -0.15) is 0 Å². The Morgan fingerprint density at radius 3 is 2.66 bits per heavy atom. The summed E-state index contributed by atoms with van der Waals surface area (Å²) in [4.78, 5) is 41.6. The molecule has 0 aliphatic carbocycles. The molecule has 1 fully saturated rings. The summed E-state index contributed by atoms with van der Waals surface area (Å²) in [6.45, 7) is 3.75. The molecule has 3 heterocycles. The normalized spacial score (nSPS) is 16.6. The molecule has 5 rings (SSSR count). The molecular weight excluding hydrogens is 466 g/mol. The van der Waals surface area contributed by atoms with Crippen molar-refractivity contribution in [3.8, 4) is 5.95 Å². The van der Waals surface area contributed by atoms with Crippen LogP contribution in [0.2, 0.25) is 0 Å². The number of benzene rings is 2. The number of imide groups is 1. The average Bonchev–Trinajstić information content (AvgIpc) is 3.35. The predicted molar refractivity (Wildman–Crippen MR) is 134 cm³/mol. The molecule has 2 aromatic heterocycles. The van der Waals surface area contributed by atoms with Gasteiger partial charge in [-0.25, -0.2) is 4.98 Å². The second kappa shape index (κ2) is 9.42. The number of rotatable bonds is 7. The number of carbonyl (C=O) groups excluding carboxylic acids is 3. The lowest BCUT2D eigenvalue weighted by molar-refractivity contribution is -0.125. The maximum absolute atomic E-state index is 13.2. The third-order valence-corrected chi connectivity index (χ3v) is 6.75. The summed E-state index contributed by atoms with van der Waals surface area (Å²) >= 11 is 0.939. The zero-order valence-electron chi connectivity index (χ0n) is 19.1. The number of fused-ring (bicyclic) bond motifs is 2.